The summed E-state index contributed by atoms with van der Waals surface area (Å²) in [4.78, 5) is 36.8. The number of hydrogen-bond donors (Lipinski definition) is 2. The predicted molar refractivity (Wildman–Crippen MR) is 79.2 cm³/mol. The predicted octanol–water partition coefficient (Wildman–Crippen LogP) is 1.18. The number of aliphatic hydroxyl groups excluding tert-OH is 1. The monoisotopic (exact) mass is 295 g/mol. The number of benzene rings is 2. The lowest BCUT2D eigenvalue weighted by molar-refractivity contribution is 0.0942. The van der Waals surface area contributed by atoms with Gasteiger partial charge in [-0.15, -0.1) is 0 Å². The van der Waals surface area contributed by atoms with Crippen LogP contribution in [0, 0.1) is 0 Å². The lowest BCUT2D eigenvalue weighted by Gasteiger charge is -2.17. The van der Waals surface area contributed by atoms with Crippen molar-refractivity contribution in [3.63, 3.8) is 0 Å². The molecule has 0 aliphatic heterocycles. The lowest BCUT2D eigenvalue weighted by atomic mass is 9.83. The molecule has 5 nitrogen and oxygen atoms in total. The van der Waals surface area contributed by atoms with E-state index in [2.05, 4.69) is 5.32 Å². The third-order valence-corrected chi connectivity index (χ3v) is 3.58. The number of amides is 1. The Balaban J connectivity index is 2.04. The number of aliphatic hydroxyl groups is 1. The Kier molecular flexibility index (Phi) is 3.56. The highest BCUT2D eigenvalue weighted by Crippen LogP contribution is 2.27. The maximum Gasteiger partial charge on any atom is 0.251 e. The van der Waals surface area contributed by atoms with Gasteiger partial charge in [-0.2, -0.15) is 0 Å². The van der Waals surface area contributed by atoms with Gasteiger partial charge in [0.2, 0.25) is 0 Å². The molecule has 0 bridgehead atoms. The minimum absolute atomic E-state index is 0.131. The Hall–Kier alpha value is -2.79. The fourth-order valence-electron chi connectivity index (χ4n) is 2.51. The maximum absolute atomic E-state index is 12.5. The molecule has 0 saturated heterocycles. The van der Waals surface area contributed by atoms with Gasteiger partial charge in [-0.3, -0.25) is 14.4 Å². The normalized spacial score (nSPS) is 12.6. The van der Waals surface area contributed by atoms with Gasteiger partial charge in [0, 0.05) is 34.4 Å². The van der Waals surface area contributed by atoms with Gasteiger partial charge in [0.1, 0.15) is 0 Å². The van der Waals surface area contributed by atoms with Gasteiger partial charge in [0.05, 0.1) is 6.61 Å². The van der Waals surface area contributed by atoms with E-state index in [0.29, 0.717) is 16.7 Å². The number of rotatable bonds is 3. The quantitative estimate of drug-likeness (QED) is 0.760. The molecular formula is C17H13NO4. The van der Waals surface area contributed by atoms with Gasteiger partial charge in [0.15, 0.2) is 11.6 Å². The Morgan fingerprint density at radius 2 is 1.50 bits per heavy atom. The molecule has 110 valence electrons. The maximum atomic E-state index is 12.5. The van der Waals surface area contributed by atoms with Crippen molar-refractivity contribution in [2.24, 2.45) is 0 Å². The molecule has 1 amide bonds. The van der Waals surface area contributed by atoms with Crippen LogP contribution in [-0.4, -0.2) is 35.7 Å². The SMILES string of the molecule is O=C(NCCO)c1ccc2c(c1)C(=O)c1ccccc1C2=O. The van der Waals surface area contributed by atoms with E-state index in [1.54, 1.807) is 24.3 Å². The van der Waals surface area contributed by atoms with E-state index in [1.807, 2.05) is 0 Å². The van der Waals surface area contributed by atoms with Crippen molar-refractivity contribution in [1.29, 1.82) is 0 Å². The molecule has 0 heterocycles. The Morgan fingerprint density at radius 3 is 2.14 bits per heavy atom. The van der Waals surface area contributed by atoms with Crippen molar-refractivity contribution in [1.82, 2.24) is 5.32 Å². The molecule has 1 aliphatic rings. The van der Waals surface area contributed by atoms with Crippen molar-refractivity contribution in [3.8, 4) is 0 Å². The minimum atomic E-state index is -0.393. The van der Waals surface area contributed by atoms with Crippen molar-refractivity contribution < 1.29 is 19.5 Å². The van der Waals surface area contributed by atoms with Gasteiger partial charge >= 0.3 is 0 Å². The van der Waals surface area contributed by atoms with Gasteiger partial charge in [-0.1, -0.05) is 24.3 Å². The van der Waals surface area contributed by atoms with E-state index in [1.165, 1.54) is 18.2 Å². The summed E-state index contributed by atoms with van der Waals surface area (Å²) in [6, 6.07) is 11.1. The number of fused-ring (bicyclic) bond motifs is 2. The number of nitrogens with one attached hydrogen (secondary N) is 1. The smallest absolute Gasteiger partial charge is 0.251 e. The molecule has 0 aromatic heterocycles. The summed E-state index contributed by atoms with van der Waals surface area (Å²) in [6.07, 6.45) is 0. The number of hydrogen-bond acceptors (Lipinski definition) is 4. The summed E-state index contributed by atoms with van der Waals surface area (Å²) >= 11 is 0. The van der Waals surface area contributed by atoms with Gasteiger partial charge in [0.25, 0.3) is 5.91 Å². The minimum Gasteiger partial charge on any atom is -0.395 e. The molecule has 0 radical (unpaired) electrons. The molecule has 2 N–H and O–H groups in total. The van der Waals surface area contributed by atoms with Crippen LogP contribution in [-0.2, 0) is 0 Å². The molecule has 1 aliphatic carbocycles. The van der Waals surface area contributed by atoms with E-state index in [-0.39, 0.29) is 35.8 Å². The van der Waals surface area contributed by atoms with Gasteiger partial charge in [-0.25, -0.2) is 0 Å². The van der Waals surface area contributed by atoms with Crippen LogP contribution in [0.15, 0.2) is 42.5 Å². The van der Waals surface area contributed by atoms with Crippen LogP contribution in [0.1, 0.15) is 42.2 Å². The molecule has 22 heavy (non-hydrogen) atoms. The highest BCUT2D eigenvalue weighted by molar-refractivity contribution is 6.28. The topological polar surface area (TPSA) is 83.5 Å². The van der Waals surface area contributed by atoms with Crippen molar-refractivity contribution in [2.75, 3.05) is 13.2 Å². The van der Waals surface area contributed by atoms with Crippen LogP contribution >= 0.6 is 0 Å². The van der Waals surface area contributed by atoms with Gasteiger partial charge < -0.3 is 10.4 Å². The zero-order chi connectivity index (χ0) is 15.7. The molecule has 0 atom stereocenters. The Bertz CT molecular complexity index is 795. The van der Waals surface area contributed by atoms with Crippen LogP contribution in [0.2, 0.25) is 0 Å². The number of carbonyl (C=O) groups is 3. The van der Waals surface area contributed by atoms with Crippen LogP contribution in [0.5, 0.6) is 0 Å². The molecule has 5 heteroatoms. The van der Waals surface area contributed by atoms with Crippen LogP contribution in [0.4, 0.5) is 0 Å². The van der Waals surface area contributed by atoms with Crippen LogP contribution in [0.3, 0.4) is 0 Å². The lowest BCUT2D eigenvalue weighted by Crippen LogP contribution is -2.27. The average Bonchev–Trinajstić information content (AvgIpc) is 2.57. The molecule has 0 spiro atoms. The Morgan fingerprint density at radius 1 is 0.909 bits per heavy atom. The zero-order valence-corrected chi connectivity index (χ0v) is 11.6. The summed E-state index contributed by atoms with van der Waals surface area (Å²) in [6.45, 7) is -0.0346. The summed E-state index contributed by atoms with van der Waals surface area (Å²) < 4.78 is 0. The molecule has 0 unspecified atom stereocenters. The van der Waals surface area contributed by atoms with E-state index in [0.717, 1.165) is 0 Å². The van der Waals surface area contributed by atoms with Crippen molar-refractivity contribution in [3.05, 3.63) is 70.3 Å². The molecule has 3 rings (SSSR count). The van der Waals surface area contributed by atoms with E-state index in [4.69, 9.17) is 5.11 Å². The van der Waals surface area contributed by atoms with Crippen LogP contribution < -0.4 is 5.32 Å². The number of carbonyl (C=O) groups excluding carboxylic acids is 3. The van der Waals surface area contributed by atoms with E-state index < -0.39 is 5.91 Å². The fourth-order valence-corrected chi connectivity index (χ4v) is 2.51. The first-order chi connectivity index (χ1) is 10.6. The first-order valence-corrected chi connectivity index (χ1v) is 6.85. The Labute approximate surface area is 126 Å². The standard InChI is InChI=1S/C17H13NO4/c19-8-7-18-17(22)10-5-6-13-14(9-10)16(21)12-4-2-1-3-11(12)15(13)20/h1-6,9,19H,7-8H2,(H,18,22). The first-order valence-electron chi connectivity index (χ1n) is 6.85. The highest BCUT2D eigenvalue weighted by atomic mass is 16.3. The van der Waals surface area contributed by atoms with Crippen LogP contribution in [0.25, 0.3) is 0 Å². The third kappa shape index (κ3) is 2.21. The molecule has 2 aromatic rings. The summed E-state index contributed by atoms with van der Waals surface area (Å²) in [5, 5.41) is 11.2. The zero-order valence-electron chi connectivity index (χ0n) is 11.6. The summed E-state index contributed by atoms with van der Waals surface area (Å²) in [5.41, 5.74) is 1.57. The van der Waals surface area contributed by atoms with E-state index >= 15 is 0 Å². The van der Waals surface area contributed by atoms with Crippen molar-refractivity contribution >= 4 is 17.5 Å². The summed E-state index contributed by atoms with van der Waals surface area (Å²) in [5.74, 6) is -0.870. The molecule has 0 saturated carbocycles. The molecule has 0 fully saturated rings. The number of ketones is 2. The molecular weight excluding hydrogens is 282 g/mol. The largest absolute Gasteiger partial charge is 0.395 e. The third-order valence-electron chi connectivity index (χ3n) is 3.58. The van der Waals surface area contributed by atoms with E-state index in [9.17, 15) is 14.4 Å². The first kappa shape index (κ1) is 14.2. The second-order valence-corrected chi connectivity index (χ2v) is 4.94. The second-order valence-electron chi connectivity index (χ2n) is 4.94. The molecule has 2 aromatic carbocycles. The summed E-state index contributed by atoms with van der Waals surface area (Å²) in [7, 11) is 0. The highest BCUT2D eigenvalue weighted by Gasteiger charge is 2.29. The van der Waals surface area contributed by atoms with Gasteiger partial charge in [-0.05, 0) is 18.2 Å². The van der Waals surface area contributed by atoms with Crippen molar-refractivity contribution in [2.45, 2.75) is 0 Å². The second kappa shape index (κ2) is 5.54. The average molecular weight is 295 g/mol. The fraction of sp³-hybridized carbons (Fsp3) is 0.118.